The molecule has 0 saturated heterocycles. The van der Waals surface area contributed by atoms with Crippen LogP contribution in [0.25, 0.3) is 10.9 Å². The number of hydrogen-bond acceptors (Lipinski definition) is 4. The van der Waals surface area contributed by atoms with Gasteiger partial charge in [-0.1, -0.05) is 17.7 Å². The second-order valence-corrected chi connectivity index (χ2v) is 5.89. The Balaban J connectivity index is 1.73. The number of carbonyl (C=O) groups excluding carboxylic acids is 1. The number of rotatable bonds is 5. The summed E-state index contributed by atoms with van der Waals surface area (Å²) in [5.74, 6) is 0.812. The Morgan fingerprint density at radius 3 is 2.80 bits per heavy atom. The molecule has 3 aromatic rings. The van der Waals surface area contributed by atoms with Crippen LogP contribution >= 0.6 is 11.6 Å². The average molecular weight is 357 g/mol. The van der Waals surface area contributed by atoms with Crippen LogP contribution in [0.4, 0.5) is 5.69 Å². The van der Waals surface area contributed by atoms with Crippen molar-refractivity contribution in [3.05, 3.63) is 59.2 Å². The standard InChI is InChI=1S/C19H17ClN2O3/c1-12-5-7-16(24-2)15(10-12)22-18(23)11-25-17-8-6-14(20)13-4-3-9-21-19(13)17/h3-10H,11H2,1-2H3,(H,22,23). The number of nitrogens with zero attached hydrogens (tertiary/aromatic N) is 1. The monoisotopic (exact) mass is 356 g/mol. The highest BCUT2D eigenvalue weighted by Crippen LogP contribution is 2.30. The number of carbonyl (C=O) groups is 1. The summed E-state index contributed by atoms with van der Waals surface area (Å²) in [7, 11) is 1.56. The largest absolute Gasteiger partial charge is 0.495 e. The van der Waals surface area contributed by atoms with Gasteiger partial charge in [-0.05, 0) is 48.9 Å². The second-order valence-electron chi connectivity index (χ2n) is 5.49. The number of anilines is 1. The third-order valence-electron chi connectivity index (χ3n) is 3.67. The fraction of sp³-hybridized carbons (Fsp3) is 0.158. The smallest absolute Gasteiger partial charge is 0.262 e. The first-order chi connectivity index (χ1) is 12.1. The van der Waals surface area contributed by atoms with Crippen LogP contribution in [0, 0.1) is 6.92 Å². The molecule has 0 unspecified atom stereocenters. The van der Waals surface area contributed by atoms with E-state index in [0.717, 1.165) is 10.9 Å². The zero-order valence-corrected chi connectivity index (χ0v) is 14.6. The molecule has 0 fully saturated rings. The number of methoxy groups -OCH3 is 1. The molecule has 128 valence electrons. The minimum absolute atomic E-state index is 0.148. The van der Waals surface area contributed by atoms with Crippen molar-refractivity contribution in [3.8, 4) is 11.5 Å². The van der Waals surface area contributed by atoms with Crippen molar-refractivity contribution in [2.75, 3.05) is 19.0 Å². The Hall–Kier alpha value is -2.79. The molecule has 0 bridgehead atoms. The second kappa shape index (κ2) is 7.40. The zero-order valence-electron chi connectivity index (χ0n) is 13.9. The maximum atomic E-state index is 12.2. The van der Waals surface area contributed by atoms with Crippen LogP contribution in [0.15, 0.2) is 48.7 Å². The first kappa shape index (κ1) is 17.0. The first-order valence-electron chi connectivity index (χ1n) is 7.69. The molecule has 3 rings (SSSR count). The number of fused-ring (bicyclic) bond motifs is 1. The molecule has 0 saturated carbocycles. The van der Waals surface area contributed by atoms with Crippen molar-refractivity contribution in [3.63, 3.8) is 0 Å². The van der Waals surface area contributed by atoms with Gasteiger partial charge in [0.2, 0.25) is 0 Å². The normalized spacial score (nSPS) is 10.5. The van der Waals surface area contributed by atoms with Gasteiger partial charge in [-0.25, -0.2) is 0 Å². The molecule has 0 spiro atoms. The lowest BCUT2D eigenvalue weighted by atomic mass is 10.2. The molecule has 1 aromatic heterocycles. The van der Waals surface area contributed by atoms with Gasteiger partial charge in [0.25, 0.3) is 5.91 Å². The van der Waals surface area contributed by atoms with E-state index in [0.29, 0.717) is 27.7 Å². The first-order valence-corrected chi connectivity index (χ1v) is 8.07. The van der Waals surface area contributed by atoms with Crippen LogP contribution in [0.2, 0.25) is 5.02 Å². The number of aromatic nitrogens is 1. The van der Waals surface area contributed by atoms with Gasteiger partial charge >= 0.3 is 0 Å². The van der Waals surface area contributed by atoms with Crippen molar-refractivity contribution in [1.82, 2.24) is 4.98 Å². The number of nitrogens with one attached hydrogen (secondary N) is 1. The maximum absolute atomic E-state index is 12.2. The van der Waals surface area contributed by atoms with Crippen molar-refractivity contribution >= 4 is 34.1 Å². The summed E-state index contributed by atoms with van der Waals surface area (Å²) in [6.07, 6.45) is 1.66. The molecule has 1 amide bonds. The Labute approximate surface area is 150 Å². The predicted octanol–water partition coefficient (Wildman–Crippen LogP) is 4.22. The fourth-order valence-corrected chi connectivity index (χ4v) is 2.69. The summed E-state index contributed by atoms with van der Waals surface area (Å²) in [4.78, 5) is 16.5. The molecule has 0 aliphatic heterocycles. The minimum atomic E-state index is -0.289. The van der Waals surface area contributed by atoms with Gasteiger partial charge in [0.05, 0.1) is 17.8 Å². The van der Waals surface area contributed by atoms with Crippen LogP contribution in [-0.4, -0.2) is 24.6 Å². The number of hydrogen-bond donors (Lipinski definition) is 1. The highest BCUT2D eigenvalue weighted by molar-refractivity contribution is 6.35. The van der Waals surface area contributed by atoms with Gasteiger partial charge in [0, 0.05) is 11.6 Å². The van der Waals surface area contributed by atoms with Gasteiger partial charge in [-0.3, -0.25) is 9.78 Å². The summed E-state index contributed by atoms with van der Waals surface area (Å²) in [5.41, 5.74) is 2.25. The molecule has 6 heteroatoms. The average Bonchev–Trinajstić information content (AvgIpc) is 2.62. The third-order valence-corrected chi connectivity index (χ3v) is 4.00. The molecule has 0 aliphatic carbocycles. The maximum Gasteiger partial charge on any atom is 0.262 e. The lowest BCUT2D eigenvalue weighted by Crippen LogP contribution is -2.20. The van der Waals surface area contributed by atoms with Gasteiger partial charge in [0.15, 0.2) is 6.61 Å². The van der Waals surface area contributed by atoms with Crippen molar-refractivity contribution < 1.29 is 14.3 Å². The van der Waals surface area contributed by atoms with Crippen LogP contribution in [-0.2, 0) is 4.79 Å². The van der Waals surface area contributed by atoms with E-state index in [1.54, 1.807) is 31.5 Å². The Morgan fingerprint density at radius 2 is 2.00 bits per heavy atom. The van der Waals surface area contributed by atoms with Gasteiger partial charge in [-0.2, -0.15) is 0 Å². The van der Waals surface area contributed by atoms with Crippen LogP contribution in [0.3, 0.4) is 0 Å². The molecule has 0 radical (unpaired) electrons. The van der Waals surface area contributed by atoms with Gasteiger partial charge in [-0.15, -0.1) is 0 Å². The van der Waals surface area contributed by atoms with Gasteiger partial charge in [0.1, 0.15) is 17.0 Å². The van der Waals surface area contributed by atoms with Crippen LogP contribution in [0.1, 0.15) is 5.56 Å². The number of ether oxygens (including phenoxy) is 2. The van der Waals surface area contributed by atoms with E-state index in [1.165, 1.54) is 0 Å². The number of pyridine rings is 1. The van der Waals surface area contributed by atoms with E-state index >= 15 is 0 Å². The Morgan fingerprint density at radius 1 is 1.20 bits per heavy atom. The lowest BCUT2D eigenvalue weighted by molar-refractivity contribution is -0.118. The molecule has 0 aliphatic rings. The molecule has 1 N–H and O–H groups in total. The lowest BCUT2D eigenvalue weighted by Gasteiger charge is -2.12. The Bertz CT molecular complexity index is 928. The number of halogens is 1. The zero-order chi connectivity index (χ0) is 17.8. The molecule has 2 aromatic carbocycles. The van der Waals surface area contributed by atoms with E-state index in [1.807, 2.05) is 31.2 Å². The number of amides is 1. The molecular formula is C19H17ClN2O3. The van der Waals surface area contributed by atoms with E-state index in [-0.39, 0.29) is 12.5 Å². The Kier molecular flexibility index (Phi) is 5.05. The topological polar surface area (TPSA) is 60.5 Å². The van der Waals surface area contributed by atoms with Crippen LogP contribution in [0.5, 0.6) is 11.5 Å². The molecule has 1 heterocycles. The third kappa shape index (κ3) is 3.83. The molecule has 5 nitrogen and oxygen atoms in total. The van der Waals surface area contributed by atoms with E-state index < -0.39 is 0 Å². The molecular weight excluding hydrogens is 340 g/mol. The predicted molar refractivity (Wildman–Crippen MR) is 98.6 cm³/mol. The summed E-state index contributed by atoms with van der Waals surface area (Å²) < 4.78 is 10.9. The number of aryl methyl sites for hydroxylation is 1. The van der Waals surface area contributed by atoms with Crippen molar-refractivity contribution in [2.24, 2.45) is 0 Å². The van der Waals surface area contributed by atoms with Crippen LogP contribution < -0.4 is 14.8 Å². The summed E-state index contributed by atoms with van der Waals surface area (Å²) in [6.45, 7) is 1.79. The highest BCUT2D eigenvalue weighted by Gasteiger charge is 2.11. The summed E-state index contributed by atoms with van der Waals surface area (Å²) >= 11 is 6.16. The minimum Gasteiger partial charge on any atom is -0.495 e. The van der Waals surface area contributed by atoms with Crippen molar-refractivity contribution in [2.45, 2.75) is 6.92 Å². The van der Waals surface area contributed by atoms with Crippen molar-refractivity contribution in [1.29, 1.82) is 0 Å². The summed E-state index contributed by atoms with van der Waals surface area (Å²) in [6, 6.07) is 12.7. The molecule has 0 atom stereocenters. The van der Waals surface area contributed by atoms with E-state index in [4.69, 9.17) is 21.1 Å². The quantitative estimate of drug-likeness (QED) is 0.743. The summed E-state index contributed by atoms with van der Waals surface area (Å²) in [5, 5.41) is 4.16. The highest BCUT2D eigenvalue weighted by atomic mass is 35.5. The molecule has 25 heavy (non-hydrogen) atoms. The number of benzene rings is 2. The van der Waals surface area contributed by atoms with E-state index in [2.05, 4.69) is 10.3 Å². The van der Waals surface area contributed by atoms with E-state index in [9.17, 15) is 4.79 Å². The SMILES string of the molecule is COc1ccc(C)cc1NC(=O)COc1ccc(Cl)c2cccnc12. The fourth-order valence-electron chi connectivity index (χ4n) is 2.48. The van der Waals surface area contributed by atoms with Gasteiger partial charge < -0.3 is 14.8 Å².